The molecule has 1 atom stereocenters. The van der Waals surface area contributed by atoms with Gasteiger partial charge in [0.1, 0.15) is 5.76 Å². The van der Waals surface area contributed by atoms with E-state index in [4.69, 9.17) is 10.2 Å². The Morgan fingerprint density at radius 2 is 2.00 bits per heavy atom. The molecular weight excluding hydrogens is 250 g/mol. The smallest absolute Gasteiger partial charge is 0.122 e. The summed E-state index contributed by atoms with van der Waals surface area (Å²) in [5.74, 6) is 1.10. The molecule has 0 bridgehead atoms. The van der Waals surface area contributed by atoms with Crippen LogP contribution in [0.5, 0.6) is 0 Å². The molecule has 0 aromatic carbocycles. The molecule has 0 radical (unpaired) electrons. The number of hydrogen-bond acceptors (Lipinski definition) is 4. The summed E-state index contributed by atoms with van der Waals surface area (Å²) in [6.45, 7) is 3.39. The second-order valence-corrected chi connectivity index (χ2v) is 6.29. The van der Waals surface area contributed by atoms with Gasteiger partial charge < -0.3 is 15.5 Å². The van der Waals surface area contributed by atoms with Crippen LogP contribution in [0.1, 0.15) is 50.3 Å². The van der Waals surface area contributed by atoms with Gasteiger partial charge in [-0.1, -0.05) is 0 Å². The van der Waals surface area contributed by atoms with Crippen molar-refractivity contribution in [2.24, 2.45) is 5.73 Å². The van der Waals surface area contributed by atoms with Gasteiger partial charge in [-0.2, -0.15) is 0 Å². The maximum absolute atomic E-state index is 5.98. The predicted molar refractivity (Wildman–Crippen MR) is 80.5 cm³/mol. The molecule has 3 N–H and O–H groups in total. The lowest BCUT2D eigenvalue weighted by molar-refractivity contribution is 0.198. The fourth-order valence-electron chi connectivity index (χ4n) is 3.55. The summed E-state index contributed by atoms with van der Waals surface area (Å²) >= 11 is 0. The van der Waals surface area contributed by atoms with E-state index in [9.17, 15) is 0 Å². The minimum atomic E-state index is 0.392. The number of furan rings is 1. The highest BCUT2D eigenvalue weighted by Gasteiger charge is 2.27. The molecular formula is C16H27N3O. The fraction of sp³-hybridized carbons (Fsp3) is 0.750. The standard InChI is InChI=1S/C16H27N3O/c17-13-5-7-14(8-6-13)18-12-15(16-4-3-11-20-16)19-9-1-2-10-19/h3-4,11,13-15,18H,1-2,5-10,12,17H2. The van der Waals surface area contributed by atoms with Crippen LogP contribution in [0, 0.1) is 0 Å². The first-order chi connectivity index (χ1) is 9.83. The number of rotatable bonds is 5. The van der Waals surface area contributed by atoms with Crippen LogP contribution in [0.2, 0.25) is 0 Å². The minimum Gasteiger partial charge on any atom is -0.468 e. The molecule has 20 heavy (non-hydrogen) atoms. The number of nitrogens with two attached hydrogens (primary N) is 1. The van der Waals surface area contributed by atoms with Crippen molar-refractivity contribution in [1.29, 1.82) is 0 Å². The van der Waals surface area contributed by atoms with Gasteiger partial charge in [0, 0.05) is 18.6 Å². The number of nitrogens with one attached hydrogen (secondary N) is 1. The Balaban J connectivity index is 1.56. The van der Waals surface area contributed by atoms with Gasteiger partial charge >= 0.3 is 0 Å². The van der Waals surface area contributed by atoms with Crippen molar-refractivity contribution < 1.29 is 4.42 Å². The van der Waals surface area contributed by atoms with Crippen LogP contribution in [0.15, 0.2) is 22.8 Å². The molecule has 1 aliphatic carbocycles. The zero-order chi connectivity index (χ0) is 13.8. The number of hydrogen-bond donors (Lipinski definition) is 2. The molecule has 1 aromatic heterocycles. The normalized spacial score (nSPS) is 29.6. The maximum atomic E-state index is 5.98. The van der Waals surface area contributed by atoms with E-state index in [1.165, 1.54) is 38.8 Å². The predicted octanol–water partition coefficient (Wildman–Crippen LogP) is 2.28. The van der Waals surface area contributed by atoms with Crippen LogP contribution in [0.25, 0.3) is 0 Å². The van der Waals surface area contributed by atoms with Crippen LogP contribution in [-0.2, 0) is 0 Å². The Hall–Kier alpha value is -0.840. The lowest BCUT2D eigenvalue weighted by atomic mass is 9.91. The van der Waals surface area contributed by atoms with Crippen LogP contribution in [0.3, 0.4) is 0 Å². The lowest BCUT2D eigenvalue weighted by Crippen LogP contribution is -2.42. The highest BCUT2D eigenvalue weighted by molar-refractivity contribution is 5.06. The van der Waals surface area contributed by atoms with E-state index >= 15 is 0 Å². The molecule has 1 unspecified atom stereocenters. The van der Waals surface area contributed by atoms with Crippen molar-refractivity contribution in [3.05, 3.63) is 24.2 Å². The van der Waals surface area contributed by atoms with E-state index in [0.717, 1.165) is 25.1 Å². The van der Waals surface area contributed by atoms with Crippen LogP contribution in [-0.4, -0.2) is 36.6 Å². The van der Waals surface area contributed by atoms with Gasteiger partial charge in [0.05, 0.1) is 12.3 Å². The topological polar surface area (TPSA) is 54.4 Å². The molecule has 1 saturated heterocycles. The van der Waals surface area contributed by atoms with Crippen LogP contribution in [0.4, 0.5) is 0 Å². The van der Waals surface area contributed by atoms with E-state index in [2.05, 4.69) is 16.3 Å². The Morgan fingerprint density at radius 1 is 1.25 bits per heavy atom. The first kappa shape index (κ1) is 14.1. The van der Waals surface area contributed by atoms with Gasteiger partial charge in [-0.15, -0.1) is 0 Å². The van der Waals surface area contributed by atoms with E-state index in [1.54, 1.807) is 6.26 Å². The molecule has 1 aromatic rings. The Labute approximate surface area is 121 Å². The lowest BCUT2D eigenvalue weighted by Gasteiger charge is -2.31. The fourth-order valence-corrected chi connectivity index (χ4v) is 3.55. The molecule has 0 spiro atoms. The van der Waals surface area contributed by atoms with Gasteiger partial charge in [0.15, 0.2) is 0 Å². The quantitative estimate of drug-likeness (QED) is 0.867. The van der Waals surface area contributed by atoms with Gasteiger partial charge in [-0.05, 0) is 63.7 Å². The minimum absolute atomic E-state index is 0.392. The third-order valence-corrected chi connectivity index (χ3v) is 4.82. The second-order valence-electron chi connectivity index (χ2n) is 6.29. The summed E-state index contributed by atoms with van der Waals surface area (Å²) in [5, 5.41) is 3.75. The Kier molecular flexibility index (Phi) is 4.76. The van der Waals surface area contributed by atoms with Crippen molar-refractivity contribution in [3.63, 3.8) is 0 Å². The summed E-state index contributed by atoms with van der Waals surface area (Å²) in [7, 11) is 0. The van der Waals surface area contributed by atoms with Gasteiger partial charge in [-0.25, -0.2) is 0 Å². The first-order valence-electron chi connectivity index (χ1n) is 8.09. The molecule has 0 amide bonds. The summed E-state index contributed by atoms with van der Waals surface area (Å²) in [6.07, 6.45) is 9.17. The average molecular weight is 277 g/mol. The maximum Gasteiger partial charge on any atom is 0.122 e. The molecule has 3 rings (SSSR count). The molecule has 4 heteroatoms. The zero-order valence-corrected chi connectivity index (χ0v) is 12.3. The van der Waals surface area contributed by atoms with E-state index in [1.807, 2.05) is 6.07 Å². The molecule has 1 aliphatic heterocycles. The highest BCUT2D eigenvalue weighted by Crippen LogP contribution is 2.26. The monoisotopic (exact) mass is 277 g/mol. The summed E-state index contributed by atoms with van der Waals surface area (Å²) in [6, 6.07) is 5.56. The molecule has 2 heterocycles. The van der Waals surface area contributed by atoms with Crippen molar-refractivity contribution in [2.45, 2.75) is 56.7 Å². The third kappa shape index (κ3) is 3.43. The van der Waals surface area contributed by atoms with Crippen molar-refractivity contribution in [1.82, 2.24) is 10.2 Å². The molecule has 2 fully saturated rings. The number of nitrogens with zero attached hydrogens (tertiary/aromatic N) is 1. The average Bonchev–Trinajstić information content (AvgIpc) is 3.14. The highest BCUT2D eigenvalue weighted by atomic mass is 16.3. The van der Waals surface area contributed by atoms with E-state index in [-0.39, 0.29) is 0 Å². The largest absolute Gasteiger partial charge is 0.468 e. The zero-order valence-electron chi connectivity index (χ0n) is 12.3. The van der Waals surface area contributed by atoms with Crippen molar-refractivity contribution >= 4 is 0 Å². The van der Waals surface area contributed by atoms with Crippen molar-refractivity contribution in [3.8, 4) is 0 Å². The summed E-state index contributed by atoms with van der Waals surface area (Å²) < 4.78 is 5.66. The van der Waals surface area contributed by atoms with Crippen LogP contribution < -0.4 is 11.1 Å². The molecule has 112 valence electrons. The van der Waals surface area contributed by atoms with Crippen molar-refractivity contribution in [2.75, 3.05) is 19.6 Å². The van der Waals surface area contributed by atoms with E-state index < -0.39 is 0 Å². The van der Waals surface area contributed by atoms with Gasteiger partial charge in [-0.3, -0.25) is 4.90 Å². The number of likely N-dealkylation sites (tertiary alicyclic amines) is 1. The Bertz CT molecular complexity index is 378. The Morgan fingerprint density at radius 3 is 2.65 bits per heavy atom. The molecule has 4 nitrogen and oxygen atoms in total. The molecule has 1 saturated carbocycles. The SMILES string of the molecule is NC1CCC(NCC(c2ccco2)N2CCCC2)CC1. The third-order valence-electron chi connectivity index (χ3n) is 4.82. The van der Waals surface area contributed by atoms with Crippen LogP contribution >= 0.6 is 0 Å². The second kappa shape index (κ2) is 6.74. The van der Waals surface area contributed by atoms with Gasteiger partial charge in [0.25, 0.3) is 0 Å². The summed E-state index contributed by atoms with van der Waals surface area (Å²) in [4.78, 5) is 2.56. The van der Waals surface area contributed by atoms with Gasteiger partial charge in [0.2, 0.25) is 0 Å². The van der Waals surface area contributed by atoms with E-state index in [0.29, 0.717) is 18.1 Å². The summed E-state index contributed by atoms with van der Waals surface area (Å²) in [5.41, 5.74) is 5.98. The first-order valence-corrected chi connectivity index (χ1v) is 8.09. The molecule has 2 aliphatic rings.